The van der Waals surface area contributed by atoms with E-state index >= 15 is 0 Å². The van der Waals surface area contributed by atoms with E-state index in [1.807, 2.05) is 23.1 Å². The molecule has 3 heteroatoms. The van der Waals surface area contributed by atoms with Crippen LogP contribution in [0.5, 0.6) is 0 Å². The van der Waals surface area contributed by atoms with Crippen molar-refractivity contribution in [3.8, 4) is 0 Å². The van der Waals surface area contributed by atoms with Gasteiger partial charge in [-0.3, -0.25) is 4.68 Å². The third kappa shape index (κ3) is 1.37. The van der Waals surface area contributed by atoms with Crippen LogP contribution >= 0.6 is 0 Å². The van der Waals surface area contributed by atoms with E-state index < -0.39 is 0 Å². The van der Waals surface area contributed by atoms with E-state index in [-0.39, 0.29) is 0 Å². The zero-order chi connectivity index (χ0) is 8.39. The average molecular weight is 165 g/mol. The summed E-state index contributed by atoms with van der Waals surface area (Å²) in [4.78, 5) is 0. The summed E-state index contributed by atoms with van der Waals surface area (Å²) in [5.41, 5.74) is 0. The molecule has 1 aliphatic heterocycles. The molecule has 1 aromatic heterocycles. The first-order valence-electron chi connectivity index (χ1n) is 4.60. The van der Waals surface area contributed by atoms with Crippen molar-refractivity contribution in [1.82, 2.24) is 15.1 Å². The lowest BCUT2D eigenvalue weighted by Crippen LogP contribution is -2.30. The largest absolute Gasteiger partial charge is 0.312 e. The van der Waals surface area contributed by atoms with Gasteiger partial charge in [-0.2, -0.15) is 5.10 Å². The van der Waals surface area contributed by atoms with Crippen LogP contribution in [0.15, 0.2) is 18.5 Å². The van der Waals surface area contributed by atoms with Crippen LogP contribution in [0.4, 0.5) is 0 Å². The van der Waals surface area contributed by atoms with Crippen LogP contribution in [0, 0.1) is 0 Å². The van der Waals surface area contributed by atoms with Gasteiger partial charge in [0.15, 0.2) is 0 Å². The minimum absolute atomic E-state index is 0.488. The maximum Gasteiger partial charge on any atom is 0.0643 e. The van der Waals surface area contributed by atoms with E-state index in [4.69, 9.17) is 0 Å². The molecular formula is C9H15N3. The lowest BCUT2D eigenvalue weighted by molar-refractivity contribution is 0.379. The topological polar surface area (TPSA) is 29.9 Å². The van der Waals surface area contributed by atoms with Crippen molar-refractivity contribution < 1.29 is 0 Å². The van der Waals surface area contributed by atoms with Gasteiger partial charge >= 0.3 is 0 Å². The summed E-state index contributed by atoms with van der Waals surface area (Å²) in [7, 11) is 0. The zero-order valence-corrected chi connectivity index (χ0v) is 7.40. The van der Waals surface area contributed by atoms with Crippen molar-refractivity contribution in [3.63, 3.8) is 0 Å². The Kier molecular flexibility index (Phi) is 2.13. The summed E-state index contributed by atoms with van der Waals surface area (Å²) < 4.78 is 2.03. The van der Waals surface area contributed by atoms with Gasteiger partial charge in [0.2, 0.25) is 0 Å². The molecule has 1 N–H and O–H groups in total. The van der Waals surface area contributed by atoms with Crippen molar-refractivity contribution in [2.24, 2.45) is 0 Å². The quantitative estimate of drug-likeness (QED) is 0.713. The monoisotopic (exact) mass is 165 g/mol. The molecule has 12 heavy (non-hydrogen) atoms. The lowest BCUT2D eigenvalue weighted by Gasteiger charge is -2.19. The van der Waals surface area contributed by atoms with Crippen molar-refractivity contribution in [3.05, 3.63) is 18.5 Å². The van der Waals surface area contributed by atoms with Gasteiger partial charge < -0.3 is 5.32 Å². The molecule has 0 bridgehead atoms. The lowest BCUT2D eigenvalue weighted by atomic mass is 10.1. The van der Waals surface area contributed by atoms with Crippen molar-refractivity contribution in [1.29, 1.82) is 0 Å². The summed E-state index contributed by atoms with van der Waals surface area (Å²) in [5.74, 6) is 0. The summed E-state index contributed by atoms with van der Waals surface area (Å²) in [5, 5.41) is 7.72. The highest BCUT2D eigenvalue weighted by atomic mass is 15.3. The first-order chi connectivity index (χ1) is 5.88. The Morgan fingerprint density at radius 3 is 3.17 bits per heavy atom. The highest BCUT2D eigenvalue weighted by Gasteiger charge is 2.21. The summed E-state index contributed by atoms with van der Waals surface area (Å²) in [6.07, 6.45) is 6.45. The van der Waals surface area contributed by atoms with Crippen LogP contribution in [0.1, 0.15) is 25.8 Å². The number of hydrogen-bond donors (Lipinski definition) is 1. The Morgan fingerprint density at radius 1 is 1.67 bits per heavy atom. The van der Waals surface area contributed by atoms with Crippen LogP contribution in [-0.2, 0) is 0 Å². The average Bonchev–Trinajstić information content (AvgIpc) is 2.77. The van der Waals surface area contributed by atoms with Gasteiger partial charge in [0.1, 0.15) is 0 Å². The normalized spacial score (nSPS) is 25.9. The van der Waals surface area contributed by atoms with Crippen molar-refractivity contribution in [2.45, 2.75) is 31.8 Å². The van der Waals surface area contributed by atoms with Gasteiger partial charge in [0.25, 0.3) is 0 Å². The molecular weight excluding hydrogens is 150 g/mol. The fourth-order valence-electron chi connectivity index (χ4n) is 1.83. The van der Waals surface area contributed by atoms with Crippen molar-refractivity contribution >= 4 is 0 Å². The van der Waals surface area contributed by atoms with Gasteiger partial charge in [0, 0.05) is 18.4 Å². The summed E-state index contributed by atoms with van der Waals surface area (Å²) >= 11 is 0. The molecule has 2 heterocycles. The molecule has 0 unspecified atom stereocenters. The minimum Gasteiger partial charge on any atom is -0.312 e. The Hall–Kier alpha value is -0.830. The first kappa shape index (κ1) is 7.80. The van der Waals surface area contributed by atoms with Gasteiger partial charge in [-0.1, -0.05) is 0 Å². The molecule has 0 aliphatic carbocycles. The van der Waals surface area contributed by atoms with E-state index in [1.165, 1.54) is 12.8 Å². The zero-order valence-electron chi connectivity index (χ0n) is 7.40. The predicted octanol–water partition coefficient (Wildman–Crippen LogP) is 1.20. The first-order valence-corrected chi connectivity index (χ1v) is 4.60. The van der Waals surface area contributed by atoms with Crippen molar-refractivity contribution in [2.75, 3.05) is 6.54 Å². The van der Waals surface area contributed by atoms with Gasteiger partial charge in [-0.15, -0.1) is 0 Å². The summed E-state index contributed by atoms with van der Waals surface area (Å²) in [6, 6.07) is 3.08. The van der Waals surface area contributed by atoms with E-state index in [2.05, 4.69) is 17.3 Å². The standard InChI is InChI=1S/C9H15N3/c1-8(9-4-2-5-10-9)12-7-3-6-11-12/h3,6-10H,2,4-5H2,1H3/t8-,9+/m0/s1. The second kappa shape index (κ2) is 3.27. The maximum absolute atomic E-state index is 4.24. The molecule has 1 fully saturated rings. The number of hydrogen-bond acceptors (Lipinski definition) is 2. The van der Waals surface area contributed by atoms with E-state index in [9.17, 15) is 0 Å². The van der Waals surface area contributed by atoms with Crippen LogP contribution in [-0.4, -0.2) is 22.4 Å². The minimum atomic E-state index is 0.488. The molecule has 0 spiro atoms. The van der Waals surface area contributed by atoms with Crippen LogP contribution in [0.3, 0.4) is 0 Å². The molecule has 2 rings (SSSR count). The molecule has 0 saturated carbocycles. The van der Waals surface area contributed by atoms with Crippen LogP contribution in [0.2, 0.25) is 0 Å². The molecule has 0 amide bonds. The van der Waals surface area contributed by atoms with Gasteiger partial charge in [0.05, 0.1) is 6.04 Å². The molecule has 0 aromatic carbocycles. The molecule has 0 radical (unpaired) electrons. The predicted molar refractivity (Wildman–Crippen MR) is 48.0 cm³/mol. The van der Waals surface area contributed by atoms with Crippen LogP contribution in [0.25, 0.3) is 0 Å². The van der Waals surface area contributed by atoms with E-state index in [0.29, 0.717) is 12.1 Å². The Labute approximate surface area is 72.8 Å². The molecule has 66 valence electrons. The molecule has 2 atom stereocenters. The number of nitrogens with one attached hydrogen (secondary N) is 1. The smallest absolute Gasteiger partial charge is 0.0643 e. The number of rotatable bonds is 2. The molecule has 3 nitrogen and oxygen atoms in total. The Bertz CT molecular complexity index is 224. The molecule has 1 aromatic rings. The fraction of sp³-hybridized carbons (Fsp3) is 0.667. The highest BCUT2D eigenvalue weighted by Crippen LogP contribution is 2.17. The summed E-state index contributed by atoms with van der Waals surface area (Å²) in [6.45, 7) is 3.38. The second-order valence-corrected chi connectivity index (χ2v) is 3.43. The SMILES string of the molecule is C[C@@H]([C@H]1CCCN1)n1cccn1. The molecule has 1 saturated heterocycles. The molecule has 1 aliphatic rings. The number of nitrogens with zero attached hydrogens (tertiary/aromatic N) is 2. The van der Waals surface area contributed by atoms with E-state index in [0.717, 1.165) is 6.54 Å². The Morgan fingerprint density at radius 2 is 2.58 bits per heavy atom. The maximum atomic E-state index is 4.24. The fourth-order valence-corrected chi connectivity index (χ4v) is 1.83. The Balaban J connectivity index is 2.04. The third-order valence-electron chi connectivity index (χ3n) is 2.62. The van der Waals surface area contributed by atoms with Crippen LogP contribution < -0.4 is 5.32 Å². The second-order valence-electron chi connectivity index (χ2n) is 3.43. The highest BCUT2D eigenvalue weighted by molar-refractivity contribution is 4.87. The third-order valence-corrected chi connectivity index (χ3v) is 2.62. The van der Waals surface area contributed by atoms with Gasteiger partial charge in [-0.25, -0.2) is 0 Å². The number of aromatic nitrogens is 2. The van der Waals surface area contributed by atoms with E-state index in [1.54, 1.807) is 0 Å². The van der Waals surface area contributed by atoms with Gasteiger partial charge in [-0.05, 0) is 32.4 Å².